The van der Waals surface area contributed by atoms with E-state index in [4.69, 9.17) is 42.1 Å². The standard InChI is InChI=1S/C24H21Cl2N3O4.ClH/c1-30-21-9-14(7-8-20(21)33-12-16-17(25)5-4-6-18(16)26)29-24-15-10-22(31-2)23(32-3)11-19(15)27-13-28-24;/h4-11,13H,12H2,1-3H3,(H,27,28,29);1H. The van der Waals surface area contributed by atoms with Crippen molar-refractivity contribution in [3.8, 4) is 23.0 Å². The zero-order valence-electron chi connectivity index (χ0n) is 18.6. The molecule has 1 N–H and O–H groups in total. The second kappa shape index (κ2) is 11.3. The Bertz CT molecular complexity index is 1280. The van der Waals surface area contributed by atoms with Gasteiger partial charge in [-0.2, -0.15) is 0 Å². The summed E-state index contributed by atoms with van der Waals surface area (Å²) in [6, 6.07) is 14.5. The molecule has 0 aliphatic rings. The zero-order chi connectivity index (χ0) is 23.4. The van der Waals surface area contributed by atoms with Crippen LogP contribution < -0.4 is 24.3 Å². The normalized spacial score (nSPS) is 10.4. The van der Waals surface area contributed by atoms with E-state index in [9.17, 15) is 0 Å². The summed E-state index contributed by atoms with van der Waals surface area (Å²) >= 11 is 12.5. The van der Waals surface area contributed by atoms with Gasteiger partial charge in [-0.1, -0.05) is 29.3 Å². The molecule has 7 nitrogen and oxygen atoms in total. The van der Waals surface area contributed by atoms with Crippen molar-refractivity contribution in [1.29, 1.82) is 0 Å². The Kier molecular flexibility index (Phi) is 8.50. The molecule has 0 aliphatic heterocycles. The Morgan fingerprint density at radius 3 is 2.12 bits per heavy atom. The molecule has 0 atom stereocenters. The highest BCUT2D eigenvalue weighted by molar-refractivity contribution is 6.35. The summed E-state index contributed by atoms with van der Waals surface area (Å²) in [5.41, 5.74) is 2.18. The van der Waals surface area contributed by atoms with Crippen molar-refractivity contribution in [3.05, 3.63) is 70.5 Å². The van der Waals surface area contributed by atoms with Gasteiger partial charge < -0.3 is 24.3 Å². The van der Waals surface area contributed by atoms with Gasteiger partial charge in [-0.05, 0) is 30.3 Å². The lowest BCUT2D eigenvalue weighted by molar-refractivity contribution is 0.285. The van der Waals surface area contributed by atoms with Crippen LogP contribution >= 0.6 is 35.6 Å². The van der Waals surface area contributed by atoms with Gasteiger partial charge in [-0.3, -0.25) is 0 Å². The SMILES string of the molecule is COc1cc2ncnc(Nc3ccc(OCc4c(Cl)cccc4Cl)c(OC)c3)c2cc1OC.Cl. The number of nitrogens with one attached hydrogen (secondary N) is 1. The largest absolute Gasteiger partial charge is 0.493 e. The molecular formula is C24H22Cl3N3O4. The van der Waals surface area contributed by atoms with Crippen molar-refractivity contribution >= 4 is 58.0 Å². The first-order valence-electron chi connectivity index (χ1n) is 9.91. The van der Waals surface area contributed by atoms with Crippen LogP contribution in [0.3, 0.4) is 0 Å². The van der Waals surface area contributed by atoms with Gasteiger partial charge >= 0.3 is 0 Å². The lowest BCUT2D eigenvalue weighted by atomic mass is 10.2. The zero-order valence-corrected chi connectivity index (χ0v) is 20.9. The maximum Gasteiger partial charge on any atom is 0.162 e. The third-order valence-electron chi connectivity index (χ3n) is 5.00. The van der Waals surface area contributed by atoms with Crippen LogP contribution in [0.5, 0.6) is 23.0 Å². The maximum absolute atomic E-state index is 6.24. The number of rotatable bonds is 8. The summed E-state index contributed by atoms with van der Waals surface area (Å²) in [5, 5.41) is 5.17. The van der Waals surface area contributed by atoms with E-state index < -0.39 is 0 Å². The van der Waals surface area contributed by atoms with Gasteiger partial charge in [0.25, 0.3) is 0 Å². The minimum Gasteiger partial charge on any atom is -0.493 e. The fraction of sp³-hybridized carbons (Fsp3) is 0.167. The van der Waals surface area contributed by atoms with Crippen LogP contribution in [-0.2, 0) is 6.61 Å². The average molecular weight is 523 g/mol. The van der Waals surface area contributed by atoms with E-state index in [2.05, 4.69) is 15.3 Å². The van der Waals surface area contributed by atoms with E-state index in [1.54, 1.807) is 51.7 Å². The highest BCUT2D eigenvalue weighted by Crippen LogP contribution is 2.36. The second-order valence-electron chi connectivity index (χ2n) is 6.93. The second-order valence-corrected chi connectivity index (χ2v) is 7.74. The van der Waals surface area contributed by atoms with Crippen molar-refractivity contribution in [1.82, 2.24) is 9.97 Å². The molecule has 0 spiro atoms. The Morgan fingerprint density at radius 1 is 0.794 bits per heavy atom. The number of benzene rings is 3. The van der Waals surface area contributed by atoms with Gasteiger partial charge in [-0.25, -0.2) is 9.97 Å². The van der Waals surface area contributed by atoms with Gasteiger partial charge in [0.2, 0.25) is 0 Å². The van der Waals surface area contributed by atoms with Crippen molar-refractivity contribution in [2.45, 2.75) is 6.61 Å². The molecule has 0 fully saturated rings. The van der Waals surface area contributed by atoms with E-state index in [-0.39, 0.29) is 19.0 Å². The Balaban J connectivity index is 0.00000324. The summed E-state index contributed by atoms with van der Waals surface area (Å²) in [5.74, 6) is 2.89. The van der Waals surface area contributed by atoms with Crippen LogP contribution in [-0.4, -0.2) is 31.3 Å². The molecular weight excluding hydrogens is 501 g/mol. The summed E-state index contributed by atoms with van der Waals surface area (Å²) in [4.78, 5) is 8.72. The molecule has 0 unspecified atom stereocenters. The molecule has 0 saturated carbocycles. The maximum atomic E-state index is 6.24. The molecule has 4 rings (SSSR count). The first-order valence-corrected chi connectivity index (χ1v) is 10.7. The van der Waals surface area contributed by atoms with Gasteiger partial charge in [0.05, 0.1) is 26.8 Å². The summed E-state index contributed by atoms with van der Waals surface area (Å²) in [6.45, 7) is 0.208. The average Bonchev–Trinajstić information content (AvgIpc) is 2.83. The molecule has 3 aromatic carbocycles. The quantitative estimate of drug-likeness (QED) is 0.276. The van der Waals surface area contributed by atoms with E-state index in [1.807, 2.05) is 18.2 Å². The van der Waals surface area contributed by atoms with Gasteiger partial charge in [0.1, 0.15) is 18.8 Å². The van der Waals surface area contributed by atoms with Crippen LogP contribution in [0.1, 0.15) is 5.56 Å². The van der Waals surface area contributed by atoms with E-state index >= 15 is 0 Å². The number of methoxy groups -OCH3 is 3. The molecule has 0 bridgehead atoms. The number of nitrogens with zero attached hydrogens (tertiary/aromatic N) is 2. The van der Waals surface area contributed by atoms with Crippen LogP contribution in [0.25, 0.3) is 10.9 Å². The van der Waals surface area contributed by atoms with Crippen molar-refractivity contribution < 1.29 is 18.9 Å². The Morgan fingerprint density at radius 2 is 1.44 bits per heavy atom. The topological polar surface area (TPSA) is 74.7 Å². The number of hydrogen-bond acceptors (Lipinski definition) is 7. The lowest BCUT2D eigenvalue weighted by Crippen LogP contribution is -2.01. The smallest absolute Gasteiger partial charge is 0.162 e. The van der Waals surface area contributed by atoms with Crippen LogP contribution in [0.15, 0.2) is 54.9 Å². The molecule has 4 aromatic rings. The molecule has 1 aromatic heterocycles. The number of fused-ring (bicyclic) bond motifs is 1. The van der Waals surface area contributed by atoms with Crippen molar-refractivity contribution in [2.24, 2.45) is 0 Å². The lowest BCUT2D eigenvalue weighted by Gasteiger charge is -2.15. The summed E-state index contributed by atoms with van der Waals surface area (Å²) in [7, 11) is 4.74. The number of ether oxygens (including phenoxy) is 4. The predicted octanol–water partition coefficient (Wildman–Crippen LogP) is 6.71. The molecule has 0 amide bonds. The minimum atomic E-state index is 0. The molecule has 1 heterocycles. The van der Waals surface area contributed by atoms with Crippen LogP contribution in [0.2, 0.25) is 10.0 Å². The molecule has 34 heavy (non-hydrogen) atoms. The molecule has 0 aliphatic carbocycles. The van der Waals surface area contributed by atoms with E-state index in [1.165, 1.54) is 6.33 Å². The monoisotopic (exact) mass is 521 g/mol. The molecule has 0 radical (unpaired) electrons. The first-order chi connectivity index (χ1) is 16.0. The van der Waals surface area contributed by atoms with Crippen molar-refractivity contribution in [3.63, 3.8) is 0 Å². The first kappa shape index (κ1) is 25.5. The fourth-order valence-corrected chi connectivity index (χ4v) is 3.81. The van der Waals surface area contributed by atoms with Gasteiger partial charge in [-0.15, -0.1) is 12.4 Å². The molecule has 10 heteroatoms. The van der Waals surface area contributed by atoms with E-state index in [0.29, 0.717) is 49.9 Å². The number of anilines is 2. The van der Waals surface area contributed by atoms with Crippen LogP contribution in [0.4, 0.5) is 11.5 Å². The Hall–Kier alpha value is -3.13. The van der Waals surface area contributed by atoms with Crippen molar-refractivity contribution in [2.75, 3.05) is 26.6 Å². The minimum absolute atomic E-state index is 0. The molecule has 178 valence electrons. The summed E-state index contributed by atoms with van der Waals surface area (Å²) in [6.07, 6.45) is 1.48. The number of aromatic nitrogens is 2. The van der Waals surface area contributed by atoms with Gasteiger partial charge in [0.15, 0.2) is 23.0 Å². The highest BCUT2D eigenvalue weighted by atomic mass is 35.5. The summed E-state index contributed by atoms with van der Waals surface area (Å²) < 4.78 is 22.2. The number of hydrogen-bond donors (Lipinski definition) is 1. The third-order valence-corrected chi connectivity index (χ3v) is 5.71. The van der Waals surface area contributed by atoms with Crippen LogP contribution in [0, 0.1) is 0 Å². The highest BCUT2D eigenvalue weighted by Gasteiger charge is 2.13. The number of halogens is 3. The van der Waals surface area contributed by atoms with E-state index in [0.717, 1.165) is 11.1 Å². The Labute approximate surface area is 213 Å². The van der Waals surface area contributed by atoms with Gasteiger partial charge in [0, 0.05) is 38.8 Å². The predicted molar refractivity (Wildman–Crippen MR) is 137 cm³/mol. The molecule has 0 saturated heterocycles. The fourth-order valence-electron chi connectivity index (χ4n) is 3.30. The third kappa shape index (κ3) is 5.33.